The van der Waals surface area contributed by atoms with Crippen molar-refractivity contribution in [2.45, 2.75) is 4.90 Å². The lowest BCUT2D eigenvalue weighted by molar-refractivity contribution is -0.115. The van der Waals surface area contributed by atoms with E-state index in [-0.39, 0.29) is 11.7 Å². The van der Waals surface area contributed by atoms with Gasteiger partial charge in [0.25, 0.3) is 0 Å². The van der Waals surface area contributed by atoms with Gasteiger partial charge in [0.2, 0.25) is 5.91 Å². The topological polar surface area (TPSA) is 49.4 Å². The fourth-order valence-electron chi connectivity index (χ4n) is 2.09. The number of benzene rings is 2. The number of hydrogen-bond donors (Lipinski definition) is 1. The average molecular weight is 353 g/mol. The van der Waals surface area contributed by atoms with E-state index in [2.05, 4.69) is 5.32 Å². The van der Waals surface area contributed by atoms with E-state index >= 15 is 0 Å². The zero-order valence-electron chi connectivity index (χ0n) is 11.2. The first-order valence-corrected chi connectivity index (χ1v) is 8.11. The molecule has 0 aromatic heterocycles. The van der Waals surface area contributed by atoms with E-state index in [0.29, 0.717) is 21.4 Å². The number of halogens is 2. The van der Waals surface area contributed by atoms with Gasteiger partial charge in [0.05, 0.1) is 22.2 Å². The number of nitrogens with one attached hydrogen (secondary N) is 1. The Morgan fingerprint density at radius 1 is 1.18 bits per heavy atom. The molecule has 0 unspecified atom stereocenters. The molecule has 0 aliphatic carbocycles. The molecule has 0 saturated heterocycles. The van der Waals surface area contributed by atoms with E-state index in [1.807, 2.05) is 12.1 Å². The Morgan fingerprint density at radius 3 is 2.77 bits per heavy atom. The number of fused-ring (bicyclic) bond motifs is 1. The summed E-state index contributed by atoms with van der Waals surface area (Å²) in [6.45, 7) is 0. The summed E-state index contributed by atoms with van der Waals surface area (Å²) in [5.74, 6) is -0.0624. The molecule has 0 saturated carbocycles. The summed E-state index contributed by atoms with van der Waals surface area (Å²) in [4.78, 5) is 26.6. The van der Waals surface area contributed by atoms with Gasteiger partial charge in [0.1, 0.15) is 0 Å². The number of hydrogen-bond acceptors (Lipinski definition) is 3. The fourth-order valence-corrected chi connectivity index (χ4v) is 3.32. The molecule has 3 rings (SSSR count). The van der Waals surface area contributed by atoms with Gasteiger partial charge in [-0.2, -0.15) is 0 Å². The minimum atomic E-state index is -0.554. The molecule has 22 heavy (non-hydrogen) atoms. The van der Waals surface area contributed by atoms with Gasteiger partial charge in [-0.3, -0.25) is 4.79 Å². The second kappa shape index (κ2) is 6.20. The summed E-state index contributed by atoms with van der Waals surface area (Å²) in [6, 6.07) is 11.4. The van der Waals surface area contributed by atoms with Crippen LogP contribution >= 0.6 is 35.0 Å². The maximum Gasteiger partial charge on any atom is 0.333 e. The molecule has 1 aliphatic rings. The minimum Gasteiger partial charge on any atom is -0.306 e. The zero-order chi connectivity index (χ0) is 15.7. The predicted octanol–water partition coefficient (Wildman–Crippen LogP) is 4.66. The highest BCUT2D eigenvalue weighted by Gasteiger charge is 2.30. The minimum absolute atomic E-state index is 0.216. The van der Waals surface area contributed by atoms with E-state index < -0.39 is 6.03 Å². The molecule has 0 radical (unpaired) electrons. The summed E-state index contributed by atoms with van der Waals surface area (Å²) in [7, 11) is 0. The van der Waals surface area contributed by atoms with Crippen LogP contribution in [-0.2, 0) is 4.79 Å². The van der Waals surface area contributed by atoms with Crippen molar-refractivity contribution < 1.29 is 9.59 Å². The largest absolute Gasteiger partial charge is 0.333 e. The van der Waals surface area contributed by atoms with Gasteiger partial charge in [-0.15, -0.1) is 11.8 Å². The lowest BCUT2D eigenvalue weighted by atomic mass is 10.2. The van der Waals surface area contributed by atoms with Gasteiger partial charge in [-0.05, 0) is 30.3 Å². The van der Waals surface area contributed by atoms with Crippen LogP contribution in [0.15, 0.2) is 47.4 Å². The highest BCUT2D eigenvalue weighted by atomic mass is 35.5. The van der Waals surface area contributed by atoms with E-state index in [4.69, 9.17) is 23.2 Å². The van der Waals surface area contributed by atoms with Crippen molar-refractivity contribution in [2.75, 3.05) is 16.0 Å². The Hall–Kier alpha value is -1.69. The van der Waals surface area contributed by atoms with Gasteiger partial charge in [-0.25, -0.2) is 9.69 Å². The average Bonchev–Trinajstić information content (AvgIpc) is 2.50. The normalized spacial score (nSPS) is 13.7. The number of carbonyl (C=O) groups excluding carboxylic acids is 2. The van der Waals surface area contributed by atoms with Crippen LogP contribution in [0.4, 0.5) is 16.2 Å². The highest BCUT2D eigenvalue weighted by molar-refractivity contribution is 8.00. The monoisotopic (exact) mass is 352 g/mol. The van der Waals surface area contributed by atoms with Crippen LogP contribution in [0.1, 0.15) is 0 Å². The molecule has 2 aromatic carbocycles. The number of nitrogens with zero attached hydrogens (tertiary/aromatic N) is 1. The first-order valence-electron chi connectivity index (χ1n) is 6.37. The first kappa shape index (κ1) is 15.2. The maximum absolute atomic E-state index is 12.5. The van der Waals surface area contributed by atoms with E-state index in [9.17, 15) is 9.59 Å². The molecule has 1 aliphatic heterocycles. The van der Waals surface area contributed by atoms with Crippen molar-refractivity contribution in [3.05, 3.63) is 52.5 Å². The van der Waals surface area contributed by atoms with E-state index in [0.717, 1.165) is 9.80 Å². The molecule has 0 bridgehead atoms. The van der Waals surface area contributed by atoms with Crippen LogP contribution in [0.3, 0.4) is 0 Å². The Morgan fingerprint density at radius 2 is 1.95 bits per heavy atom. The fraction of sp³-hybridized carbons (Fsp3) is 0.0667. The molecule has 7 heteroatoms. The molecule has 3 amide bonds. The van der Waals surface area contributed by atoms with Gasteiger partial charge >= 0.3 is 6.03 Å². The summed E-state index contributed by atoms with van der Waals surface area (Å²) < 4.78 is 0. The van der Waals surface area contributed by atoms with Gasteiger partial charge in [0.15, 0.2) is 0 Å². The highest BCUT2D eigenvalue weighted by Crippen LogP contribution is 2.35. The zero-order valence-corrected chi connectivity index (χ0v) is 13.5. The number of thioether (sulfide) groups is 1. The van der Waals surface area contributed by atoms with Crippen LogP contribution in [0.5, 0.6) is 0 Å². The number of para-hydroxylation sites is 1. The predicted molar refractivity (Wildman–Crippen MR) is 90.1 cm³/mol. The number of carbonyl (C=O) groups is 2. The SMILES string of the molecule is O=C1CSc2ccccc2N1C(=O)Nc1cc(Cl)ccc1Cl. The summed E-state index contributed by atoms with van der Waals surface area (Å²) in [6.07, 6.45) is 0. The second-order valence-electron chi connectivity index (χ2n) is 4.54. The molecule has 1 N–H and O–H groups in total. The van der Waals surface area contributed by atoms with Gasteiger partial charge in [0, 0.05) is 9.92 Å². The molecule has 0 spiro atoms. The van der Waals surface area contributed by atoms with Gasteiger partial charge < -0.3 is 5.32 Å². The lowest BCUT2D eigenvalue weighted by Crippen LogP contribution is -2.43. The summed E-state index contributed by atoms with van der Waals surface area (Å²) >= 11 is 13.3. The molecule has 2 aromatic rings. The van der Waals surface area contributed by atoms with Crippen molar-refractivity contribution in [3.8, 4) is 0 Å². The number of urea groups is 1. The Bertz CT molecular complexity index is 767. The van der Waals surface area contributed by atoms with E-state index in [1.54, 1.807) is 24.3 Å². The van der Waals surface area contributed by atoms with E-state index in [1.165, 1.54) is 17.8 Å². The third-order valence-corrected chi connectivity index (χ3v) is 4.69. The molecular weight excluding hydrogens is 343 g/mol. The first-order chi connectivity index (χ1) is 10.6. The molecule has 4 nitrogen and oxygen atoms in total. The second-order valence-corrected chi connectivity index (χ2v) is 6.40. The smallest absolute Gasteiger partial charge is 0.306 e. The van der Waals surface area contributed by atoms with Crippen LogP contribution in [0.25, 0.3) is 0 Å². The quantitative estimate of drug-likeness (QED) is 0.811. The van der Waals surface area contributed by atoms with Crippen molar-refractivity contribution in [1.29, 1.82) is 0 Å². The van der Waals surface area contributed by atoms with Crippen LogP contribution < -0.4 is 10.2 Å². The summed E-state index contributed by atoms with van der Waals surface area (Å²) in [5, 5.41) is 3.43. The molecule has 112 valence electrons. The van der Waals surface area contributed by atoms with Crippen molar-refractivity contribution in [2.24, 2.45) is 0 Å². The van der Waals surface area contributed by atoms with Gasteiger partial charge in [-0.1, -0.05) is 35.3 Å². The molecular formula is C15H10Cl2N2O2S. The van der Waals surface area contributed by atoms with Crippen molar-refractivity contribution in [1.82, 2.24) is 0 Å². The molecule has 0 atom stereocenters. The standard InChI is InChI=1S/C15H10Cl2N2O2S/c16-9-5-6-10(17)11(7-9)18-15(21)19-12-3-1-2-4-13(12)22-8-14(19)20/h1-7H,8H2,(H,18,21). The van der Waals surface area contributed by atoms with Crippen LogP contribution in [0.2, 0.25) is 10.0 Å². The third kappa shape index (κ3) is 2.92. The van der Waals surface area contributed by atoms with Crippen LogP contribution in [-0.4, -0.2) is 17.7 Å². The Balaban J connectivity index is 1.92. The van der Waals surface area contributed by atoms with Crippen molar-refractivity contribution >= 4 is 58.3 Å². The molecule has 0 fully saturated rings. The van der Waals surface area contributed by atoms with Crippen LogP contribution in [0, 0.1) is 0 Å². The number of imide groups is 1. The maximum atomic E-state index is 12.5. The lowest BCUT2D eigenvalue weighted by Gasteiger charge is -2.27. The number of anilines is 2. The number of amides is 3. The Labute approximate surface area is 141 Å². The summed E-state index contributed by atoms with van der Waals surface area (Å²) in [5.41, 5.74) is 0.932. The van der Waals surface area contributed by atoms with Crippen molar-refractivity contribution in [3.63, 3.8) is 0 Å². The number of rotatable bonds is 1. The molecule has 1 heterocycles. The Kier molecular flexibility index (Phi) is 4.29. The third-order valence-electron chi connectivity index (χ3n) is 3.08.